The molecule has 1 fully saturated rings. The van der Waals surface area contributed by atoms with Crippen molar-refractivity contribution in [1.29, 1.82) is 0 Å². The third-order valence-corrected chi connectivity index (χ3v) is 4.05. The molecule has 1 aliphatic rings. The molecule has 1 aliphatic heterocycles. The Morgan fingerprint density at radius 2 is 2.57 bits per heavy atom. The molecule has 1 saturated heterocycles. The van der Waals surface area contributed by atoms with Crippen LogP contribution < -0.4 is 5.32 Å². The minimum Gasteiger partial charge on any atom is -0.468 e. The lowest BCUT2D eigenvalue weighted by atomic mass is 10.2. The number of thioether (sulfide) groups is 1. The number of hydrogen-bond donors (Lipinski definition) is 1. The molecule has 0 saturated carbocycles. The maximum Gasteiger partial charge on any atom is 0.120 e. The van der Waals surface area contributed by atoms with E-state index in [0.29, 0.717) is 0 Å². The van der Waals surface area contributed by atoms with Crippen LogP contribution in [0.4, 0.5) is 0 Å². The van der Waals surface area contributed by atoms with Crippen LogP contribution >= 0.6 is 11.8 Å². The summed E-state index contributed by atoms with van der Waals surface area (Å²) in [5, 5.41) is 4.28. The van der Waals surface area contributed by atoms with Gasteiger partial charge in [0.05, 0.1) is 12.8 Å². The van der Waals surface area contributed by atoms with Crippen molar-refractivity contribution in [2.45, 2.75) is 31.6 Å². The summed E-state index contributed by atoms with van der Waals surface area (Å²) in [5.74, 6) is 2.42. The van der Waals surface area contributed by atoms with E-state index < -0.39 is 0 Å². The predicted molar refractivity (Wildman–Crippen MR) is 60.6 cm³/mol. The minimum atomic E-state index is 0.824. The Morgan fingerprint density at radius 3 is 3.21 bits per heavy atom. The molecule has 0 aromatic carbocycles. The van der Waals surface area contributed by atoms with E-state index in [4.69, 9.17) is 4.42 Å². The molecule has 2 heterocycles. The number of rotatable bonds is 4. The lowest BCUT2D eigenvalue weighted by molar-refractivity contribution is 0.479. The van der Waals surface area contributed by atoms with Crippen molar-refractivity contribution in [2.24, 2.45) is 0 Å². The van der Waals surface area contributed by atoms with E-state index in [9.17, 15) is 0 Å². The summed E-state index contributed by atoms with van der Waals surface area (Å²) in [6, 6.07) is 2.02. The Morgan fingerprint density at radius 1 is 1.64 bits per heavy atom. The highest BCUT2D eigenvalue weighted by Gasteiger charge is 2.14. The monoisotopic (exact) mass is 211 g/mol. The van der Waals surface area contributed by atoms with Crippen LogP contribution in [0.15, 0.2) is 16.7 Å². The van der Waals surface area contributed by atoms with Crippen LogP contribution in [-0.2, 0) is 6.54 Å². The van der Waals surface area contributed by atoms with Gasteiger partial charge in [0, 0.05) is 11.8 Å². The number of aryl methyl sites for hydroxylation is 1. The summed E-state index contributed by atoms with van der Waals surface area (Å²) in [7, 11) is 0. The molecule has 14 heavy (non-hydrogen) atoms. The molecule has 3 heteroatoms. The van der Waals surface area contributed by atoms with Gasteiger partial charge in [0.25, 0.3) is 0 Å². The summed E-state index contributed by atoms with van der Waals surface area (Å²) in [5.41, 5.74) is 1.25. The largest absolute Gasteiger partial charge is 0.468 e. The number of furan rings is 1. The number of hydrogen-bond acceptors (Lipinski definition) is 3. The van der Waals surface area contributed by atoms with Crippen LogP contribution in [0.1, 0.15) is 24.2 Å². The highest BCUT2D eigenvalue weighted by atomic mass is 32.2. The Balaban J connectivity index is 1.70. The highest BCUT2D eigenvalue weighted by molar-refractivity contribution is 8.00. The van der Waals surface area contributed by atoms with Crippen molar-refractivity contribution in [3.05, 3.63) is 23.7 Å². The van der Waals surface area contributed by atoms with Crippen molar-refractivity contribution in [2.75, 3.05) is 12.3 Å². The summed E-state index contributed by atoms with van der Waals surface area (Å²) in [4.78, 5) is 0. The Labute approximate surface area is 89.4 Å². The van der Waals surface area contributed by atoms with Gasteiger partial charge in [-0.05, 0) is 37.1 Å². The van der Waals surface area contributed by atoms with Crippen LogP contribution in [0.25, 0.3) is 0 Å². The van der Waals surface area contributed by atoms with Gasteiger partial charge in [-0.25, -0.2) is 0 Å². The normalized spacial score (nSPS) is 21.6. The van der Waals surface area contributed by atoms with Crippen molar-refractivity contribution in [1.82, 2.24) is 5.32 Å². The second-order valence-electron chi connectivity index (χ2n) is 3.79. The molecule has 0 spiro atoms. The summed E-state index contributed by atoms with van der Waals surface area (Å²) >= 11 is 2.09. The molecule has 1 unspecified atom stereocenters. The maximum absolute atomic E-state index is 5.36. The first-order valence-electron chi connectivity index (χ1n) is 5.21. The average molecular weight is 211 g/mol. The second kappa shape index (κ2) is 4.89. The summed E-state index contributed by atoms with van der Waals surface area (Å²) in [6.45, 7) is 4.07. The minimum absolute atomic E-state index is 0.824. The molecule has 2 rings (SSSR count). The summed E-state index contributed by atoms with van der Waals surface area (Å²) < 4.78 is 5.36. The predicted octanol–water partition coefficient (Wildman–Crippen LogP) is 2.57. The van der Waals surface area contributed by atoms with Gasteiger partial charge < -0.3 is 9.73 Å². The topological polar surface area (TPSA) is 25.2 Å². The van der Waals surface area contributed by atoms with Crippen LogP contribution in [0.5, 0.6) is 0 Å². The number of nitrogens with one attached hydrogen (secondary N) is 1. The van der Waals surface area contributed by atoms with Crippen LogP contribution in [0.3, 0.4) is 0 Å². The Bertz CT molecular complexity index is 279. The van der Waals surface area contributed by atoms with Gasteiger partial charge in [-0.15, -0.1) is 0 Å². The zero-order valence-corrected chi connectivity index (χ0v) is 9.40. The summed E-state index contributed by atoms with van der Waals surface area (Å²) in [6.07, 6.45) is 4.52. The van der Waals surface area contributed by atoms with Gasteiger partial charge in [0.15, 0.2) is 0 Å². The van der Waals surface area contributed by atoms with Crippen LogP contribution in [-0.4, -0.2) is 17.5 Å². The fraction of sp³-hybridized carbons (Fsp3) is 0.636. The first kappa shape index (κ1) is 10.1. The van der Waals surface area contributed by atoms with Gasteiger partial charge in [0.1, 0.15) is 5.76 Å². The van der Waals surface area contributed by atoms with Crippen LogP contribution in [0, 0.1) is 6.92 Å². The molecule has 1 atom stereocenters. The molecular formula is C11H17NOS. The molecule has 78 valence electrons. The zero-order valence-electron chi connectivity index (χ0n) is 8.58. The van der Waals surface area contributed by atoms with E-state index in [2.05, 4.69) is 24.0 Å². The van der Waals surface area contributed by atoms with Crippen molar-refractivity contribution in [3.63, 3.8) is 0 Å². The first-order chi connectivity index (χ1) is 6.86. The molecular weight excluding hydrogens is 194 g/mol. The van der Waals surface area contributed by atoms with E-state index in [1.54, 1.807) is 6.26 Å². The highest BCUT2D eigenvalue weighted by Crippen LogP contribution is 2.25. The van der Waals surface area contributed by atoms with Gasteiger partial charge in [-0.1, -0.05) is 0 Å². The smallest absolute Gasteiger partial charge is 0.120 e. The van der Waals surface area contributed by atoms with Gasteiger partial charge >= 0.3 is 0 Å². The second-order valence-corrected chi connectivity index (χ2v) is 5.20. The maximum atomic E-state index is 5.36. The van der Waals surface area contributed by atoms with Crippen molar-refractivity contribution in [3.8, 4) is 0 Å². The standard InChI is InChI=1S/C11H17NOS/c1-9-4-5-13-11(9)8-12-7-10-3-2-6-14-10/h4-5,10,12H,2-3,6-8H2,1H3. The van der Waals surface area contributed by atoms with E-state index in [-0.39, 0.29) is 0 Å². The molecule has 0 bridgehead atoms. The van der Waals surface area contributed by atoms with Gasteiger partial charge in [0.2, 0.25) is 0 Å². The average Bonchev–Trinajstić information content (AvgIpc) is 2.78. The Kier molecular flexibility index (Phi) is 3.54. The lowest BCUT2D eigenvalue weighted by Crippen LogP contribution is -2.22. The molecule has 0 radical (unpaired) electrons. The third-order valence-electron chi connectivity index (χ3n) is 2.65. The molecule has 0 amide bonds. The fourth-order valence-electron chi connectivity index (χ4n) is 1.74. The quantitative estimate of drug-likeness (QED) is 0.828. The SMILES string of the molecule is Cc1ccoc1CNCC1CCCS1. The fourth-order valence-corrected chi connectivity index (χ4v) is 2.97. The molecule has 1 N–H and O–H groups in total. The van der Waals surface area contributed by atoms with E-state index in [1.807, 2.05) is 6.07 Å². The van der Waals surface area contributed by atoms with Gasteiger partial charge in [-0.2, -0.15) is 11.8 Å². The van der Waals surface area contributed by atoms with E-state index in [0.717, 1.165) is 24.1 Å². The van der Waals surface area contributed by atoms with E-state index in [1.165, 1.54) is 24.2 Å². The first-order valence-corrected chi connectivity index (χ1v) is 6.26. The van der Waals surface area contributed by atoms with Crippen molar-refractivity contribution >= 4 is 11.8 Å². The van der Waals surface area contributed by atoms with Crippen LogP contribution in [0.2, 0.25) is 0 Å². The molecule has 0 aliphatic carbocycles. The molecule has 2 nitrogen and oxygen atoms in total. The Hall–Kier alpha value is -0.410. The van der Waals surface area contributed by atoms with Gasteiger partial charge in [-0.3, -0.25) is 0 Å². The third kappa shape index (κ3) is 2.55. The van der Waals surface area contributed by atoms with Crippen molar-refractivity contribution < 1.29 is 4.42 Å². The zero-order chi connectivity index (χ0) is 9.80. The molecule has 1 aromatic heterocycles. The molecule has 1 aromatic rings. The lowest BCUT2D eigenvalue weighted by Gasteiger charge is -2.08. The van der Waals surface area contributed by atoms with E-state index >= 15 is 0 Å².